The molecule has 1 saturated carbocycles. The number of fused-ring (bicyclic) bond motifs is 1. The topological polar surface area (TPSA) is 101 Å². The van der Waals surface area contributed by atoms with Gasteiger partial charge in [-0.15, -0.1) is 0 Å². The van der Waals surface area contributed by atoms with Crippen LogP contribution < -0.4 is 15.4 Å². The monoisotopic (exact) mass is 499 g/mol. The van der Waals surface area contributed by atoms with E-state index < -0.39 is 6.09 Å². The van der Waals surface area contributed by atoms with Gasteiger partial charge in [0.2, 0.25) is 0 Å². The van der Waals surface area contributed by atoms with Gasteiger partial charge in [-0.2, -0.15) is 5.26 Å². The van der Waals surface area contributed by atoms with Crippen molar-refractivity contribution in [3.8, 4) is 23.1 Å². The van der Waals surface area contributed by atoms with Crippen molar-refractivity contribution >= 4 is 28.5 Å². The molecular weight excluding hydrogens is 466 g/mol. The molecule has 5 rings (SSSR count). The van der Waals surface area contributed by atoms with Gasteiger partial charge in [-0.3, -0.25) is 10.3 Å². The number of carbonyl (C=O) groups excluding carboxylic acids is 1. The second kappa shape index (κ2) is 11.0. The van der Waals surface area contributed by atoms with Crippen LogP contribution in [0.4, 0.5) is 10.5 Å². The summed E-state index contributed by atoms with van der Waals surface area (Å²) in [5.74, 6) is 1.88. The van der Waals surface area contributed by atoms with Crippen molar-refractivity contribution in [3.63, 3.8) is 0 Å². The predicted molar refractivity (Wildman–Crippen MR) is 145 cm³/mol. The van der Waals surface area contributed by atoms with Crippen molar-refractivity contribution in [2.45, 2.75) is 58.1 Å². The molecule has 2 aliphatic rings. The molecule has 1 aliphatic heterocycles. The van der Waals surface area contributed by atoms with Crippen LogP contribution in [0.5, 0.6) is 5.75 Å². The fourth-order valence-corrected chi connectivity index (χ4v) is 4.92. The highest BCUT2D eigenvalue weighted by Gasteiger charge is 2.28. The van der Waals surface area contributed by atoms with E-state index in [1.807, 2.05) is 50.2 Å². The molecule has 1 fully saturated rings. The van der Waals surface area contributed by atoms with Crippen LogP contribution in [0.15, 0.2) is 47.5 Å². The minimum absolute atomic E-state index is 0.191. The van der Waals surface area contributed by atoms with Gasteiger partial charge >= 0.3 is 6.09 Å². The molecule has 0 unspecified atom stereocenters. The Kier molecular flexibility index (Phi) is 7.31. The van der Waals surface area contributed by atoms with Crippen molar-refractivity contribution in [1.82, 2.24) is 9.88 Å². The number of anilines is 1. The normalized spacial score (nSPS) is 15.1. The minimum atomic E-state index is -0.482. The van der Waals surface area contributed by atoms with Crippen LogP contribution in [0, 0.1) is 11.3 Å². The summed E-state index contributed by atoms with van der Waals surface area (Å²) in [7, 11) is 0. The van der Waals surface area contributed by atoms with Crippen molar-refractivity contribution in [2.75, 3.05) is 25.0 Å². The lowest BCUT2D eigenvalue weighted by atomic mass is 9.92. The van der Waals surface area contributed by atoms with Gasteiger partial charge in [-0.1, -0.05) is 12.1 Å². The fraction of sp³-hybridized carbons (Fsp3) is 0.414. The molecule has 37 heavy (non-hydrogen) atoms. The van der Waals surface area contributed by atoms with E-state index in [1.165, 1.54) is 6.42 Å². The number of rotatable bonds is 9. The summed E-state index contributed by atoms with van der Waals surface area (Å²) >= 11 is 0. The number of nitrogens with zero attached hydrogens (tertiary/aromatic N) is 3. The summed E-state index contributed by atoms with van der Waals surface area (Å²) in [5.41, 5.74) is 4.20. The quantitative estimate of drug-likeness (QED) is 0.351. The first-order valence-electron chi connectivity index (χ1n) is 13.1. The van der Waals surface area contributed by atoms with E-state index in [0.29, 0.717) is 23.9 Å². The SMILES string of the molecule is CC(C)OC(=O)Nc1ccc(-c2c(C#N)c3ccc(OCCCC4=NCCN4)cc3n2C2CCC2)cc1. The Morgan fingerprint density at radius 3 is 2.70 bits per heavy atom. The number of aromatic nitrogens is 1. The van der Waals surface area contributed by atoms with Crippen molar-refractivity contribution in [3.05, 3.63) is 48.0 Å². The first kappa shape index (κ1) is 24.7. The van der Waals surface area contributed by atoms with Crippen LogP contribution in [-0.2, 0) is 4.74 Å². The van der Waals surface area contributed by atoms with Gasteiger partial charge in [0.1, 0.15) is 11.8 Å². The smallest absolute Gasteiger partial charge is 0.411 e. The van der Waals surface area contributed by atoms with Crippen LogP contribution in [0.25, 0.3) is 22.2 Å². The number of nitrogens with one attached hydrogen (secondary N) is 2. The molecule has 8 nitrogen and oxygen atoms in total. The molecule has 8 heteroatoms. The number of benzene rings is 2. The molecule has 2 N–H and O–H groups in total. The molecule has 192 valence electrons. The summed E-state index contributed by atoms with van der Waals surface area (Å²) in [5, 5.41) is 17.2. The molecule has 2 aromatic carbocycles. The molecule has 2 heterocycles. The zero-order valence-corrected chi connectivity index (χ0v) is 21.4. The number of hydrogen-bond donors (Lipinski definition) is 2. The largest absolute Gasteiger partial charge is 0.494 e. The molecule has 0 spiro atoms. The second-order valence-corrected chi connectivity index (χ2v) is 9.83. The Hall–Kier alpha value is -3.99. The molecule has 1 aromatic heterocycles. The highest BCUT2D eigenvalue weighted by Crippen LogP contribution is 2.43. The van der Waals surface area contributed by atoms with Gasteiger partial charge in [0.25, 0.3) is 0 Å². The van der Waals surface area contributed by atoms with E-state index in [0.717, 1.165) is 72.5 Å². The molecule has 1 aliphatic carbocycles. The fourth-order valence-electron chi connectivity index (χ4n) is 4.92. The van der Waals surface area contributed by atoms with Gasteiger partial charge in [0, 0.05) is 36.1 Å². The predicted octanol–water partition coefficient (Wildman–Crippen LogP) is 6.02. The average Bonchev–Trinajstić information content (AvgIpc) is 3.47. The number of ether oxygens (including phenoxy) is 2. The second-order valence-electron chi connectivity index (χ2n) is 9.83. The average molecular weight is 500 g/mol. The standard InChI is InChI=1S/C29H33N5O3/c1-19(2)37-29(35)33-21-10-8-20(9-11-21)28-25(18-30)24-13-12-23(17-26(24)34(28)22-5-3-6-22)36-16-4-7-27-31-14-15-32-27/h8-13,17,19,22H,3-7,14-16H2,1-2H3,(H,31,32)(H,33,35). The third kappa shape index (κ3) is 5.41. The summed E-state index contributed by atoms with van der Waals surface area (Å²) in [4.78, 5) is 16.4. The summed E-state index contributed by atoms with van der Waals surface area (Å²) in [6.07, 6.45) is 4.47. The first-order valence-corrected chi connectivity index (χ1v) is 13.1. The van der Waals surface area contributed by atoms with Crippen molar-refractivity contribution in [2.24, 2.45) is 4.99 Å². The van der Waals surface area contributed by atoms with E-state index in [1.54, 1.807) is 0 Å². The number of nitriles is 1. The van der Waals surface area contributed by atoms with Crippen molar-refractivity contribution in [1.29, 1.82) is 5.26 Å². The molecule has 3 aromatic rings. The molecule has 0 saturated heterocycles. The first-order chi connectivity index (χ1) is 18.0. The van der Waals surface area contributed by atoms with Gasteiger partial charge in [0.15, 0.2) is 0 Å². The minimum Gasteiger partial charge on any atom is -0.494 e. The number of hydrogen-bond acceptors (Lipinski definition) is 6. The molecule has 1 amide bonds. The zero-order valence-electron chi connectivity index (χ0n) is 21.4. The maximum absolute atomic E-state index is 12.0. The van der Waals surface area contributed by atoms with Crippen LogP contribution >= 0.6 is 0 Å². The third-order valence-electron chi connectivity index (χ3n) is 6.85. The van der Waals surface area contributed by atoms with Crippen LogP contribution in [0.3, 0.4) is 0 Å². The lowest BCUT2D eigenvalue weighted by Gasteiger charge is -2.30. The highest BCUT2D eigenvalue weighted by molar-refractivity contribution is 5.96. The maximum atomic E-state index is 12.0. The number of carbonyl (C=O) groups is 1. The van der Waals surface area contributed by atoms with Gasteiger partial charge in [-0.25, -0.2) is 4.79 Å². The molecule has 0 bridgehead atoms. The van der Waals surface area contributed by atoms with E-state index in [9.17, 15) is 10.1 Å². The Morgan fingerprint density at radius 2 is 2.05 bits per heavy atom. The number of amides is 1. The molecule has 0 atom stereocenters. The van der Waals surface area contributed by atoms with Crippen molar-refractivity contribution < 1.29 is 14.3 Å². The van der Waals surface area contributed by atoms with Gasteiger partial charge in [0.05, 0.1) is 41.9 Å². The number of aliphatic imine (C=N–C) groups is 1. The summed E-state index contributed by atoms with van der Waals surface area (Å²) in [6.45, 7) is 6.02. The van der Waals surface area contributed by atoms with E-state index in [4.69, 9.17) is 9.47 Å². The Morgan fingerprint density at radius 1 is 1.24 bits per heavy atom. The lowest BCUT2D eigenvalue weighted by Crippen LogP contribution is -2.19. The number of amidine groups is 1. The molecule has 0 radical (unpaired) electrons. The highest BCUT2D eigenvalue weighted by atomic mass is 16.6. The summed E-state index contributed by atoms with van der Waals surface area (Å²) < 4.78 is 13.6. The van der Waals surface area contributed by atoms with Crippen LogP contribution in [0.2, 0.25) is 0 Å². The Balaban J connectivity index is 1.42. The zero-order chi connectivity index (χ0) is 25.8. The maximum Gasteiger partial charge on any atom is 0.411 e. The molecular formula is C29H33N5O3. The van der Waals surface area contributed by atoms with E-state index in [-0.39, 0.29) is 6.10 Å². The van der Waals surface area contributed by atoms with Crippen LogP contribution in [0.1, 0.15) is 57.6 Å². The Bertz CT molecular complexity index is 1350. The summed E-state index contributed by atoms with van der Waals surface area (Å²) in [6, 6.07) is 16.4. The van der Waals surface area contributed by atoms with E-state index in [2.05, 4.69) is 32.3 Å². The van der Waals surface area contributed by atoms with Gasteiger partial charge in [-0.05, 0) is 69.4 Å². The third-order valence-corrected chi connectivity index (χ3v) is 6.85. The van der Waals surface area contributed by atoms with Crippen LogP contribution in [-0.4, -0.2) is 42.3 Å². The Labute approximate surface area is 217 Å². The van der Waals surface area contributed by atoms with Gasteiger partial charge < -0.3 is 19.4 Å². The van der Waals surface area contributed by atoms with E-state index >= 15 is 0 Å². The lowest BCUT2D eigenvalue weighted by molar-refractivity contribution is 0.130.